The molecule has 1 amide bonds. The highest BCUT2D eigenvalue weighted by atomic mass is 32.2. The first kappa shape index (κ1) is 17.3. The number of hydrogen-bond donors (Lipinski definition) is 1. The molecule has 10 heteroatoms. The predicted octanol–water partition coefficient (Wildman–Crippen LogP) is 0.627. The molecule has 28 heavy (non-hydrogen) atoms. The molecule has 2 aliphatic heterocycles. The van der Waals surface area contributed by atoms with Crippen molar-refractivity contribution in [3.8, 4) is 5.75 Å². The minimum atomic E-state index is -3.67. The maximum atomic E-state index is 13.1. The lowest BCUT2D eigenvalue weighted by molar-refractivity contribution is 0.0940. The van der Waals surface area contributed by atoms with Crippen LogP contribution >= 0.6 is 0 Å². The number of para-hydroxylation sites is 1. The van der Waals surface area contributed by atoms with Crippen LogP contribution in [0.3, 0.4) is 0 Å². The maximum Gasteiger partial charge on any atom is 0.256 e. The van der Waals surface area contributed by atoms with Crippen molar-refractivity contribution in [3.05, 3.63) is 48.4 Å². The van der Waals surface area contributed by atoms with Gasteiger partial charge in [-0.2, -0.15) is 9.40 Å². The summed E-state index contributed by atoms with van der Waals surface area (Å²) >= 11 is 0. The van der Waals surface area contributed by atoms with Crippen LogP contribution in [-0.2, 0) is 17.1 Å². The SMILES string of the molecule is Cn1ccn2ncc(C(=O)N[C@H]3C[C@H]4COc5ccccc5S(=O)(=O)N4C3)c12. The molecule has 0 radical (unpaired) electrons. The molecule has 0 aliphatic carbocycles. The fourth-order valence-electron chi connectivity index (χ4n) is 4.01. The summed E-state index contributed by atoms with van der Waals surface area (Å²) in [4.78, 5) is 13.0. The number of hydrogen-bond acceptors (Lipinski definition) is 5. The smallest absolute Gasteiger partial charge is 0.256 e. The van der Waals surface area contributed by atoms with Crippen LogP contribution in [-0.4, -0.2) is 58.0 Å². The molecule has 4 heterocycles. The Morgan fingerprint density at radius 1 is 1.29 bits per heavy atom. The molecule has 0 spiro atoms. The molecule has 2 atom stereocenters. The second-order valence-corrected chi connectivity index (χ2v) is 8.99. The van der Waals surface area contributed by atoms with Gasteiger partial charge in [0.15, 0.2) is 0 Å². The predicted molar refractivity (Wildman–Crippen MR) is 99.7 cm³/mol. The number of rotatable bonds is 2. The number of imidazole rings is 1. The second-order valence-electron chi connectivity index (χ2n) is 7.13. The van der Waals surface area contributed by atoms with Gasteiger partial charge in [-0.3, -0.25) is 4.79 Å². The van der Waals surface area contributed by atoms with Gasteiger partial charge in [0.25, 0.3) is 5.91 Å². The lowest BCUT2D eigenvalue weighted by Gasteiger charge is -2.19. The third kappa shape index (κ3) is 2.52. The number of amides is 1. The third-order valence-corrected chi connectivity index (χ3v) is 7.30. The summed E-state index contributed by atoms with van der Waals surface area (Å²) in [7, 11) is -1.83. The van der Waals surface area contributed by atoms with Crippen LogP contribution < -0.4 is 10.1 Å². The molecule has 3 aromatic rings. The molecule has 5 rings (SSSR count). The quantitative estimate of drug-likeness (QED) is 0.679. The van der Waals surface area contributed by atoms with Crippen LogP contribution in [0.1, 0.15) is 16.8 Å². The van der Waals surface area contributed by atoms with Crippen molar-refractivity contribution >= 4 is 21.6 Å². The first-order valence-electron chi connectivity index (χ1n) is 8.98. The summed E-state index contributed by atoms with van der Waals surface area (Å²) in [5, 5.41) is 7.14. The van der Waals surface area contributed by atoms with Crippen LogP contribution in [0.2, 0.25) is 0 Å². The Kier molecular flexibility index (Phi) is 3.75. The van der Waals surface area contributed by atoms with Gasteiger partial charge in [-0.15, -0.1) is 0 Å². The van der Waals surface area contributed by atoms with Gasteiger partial charge in [0.2, 0.25) is 10.0 Å². The van der Waals surface area contributed by atoms with Crippen molar-refractivity contribution in [2.24, 2.45) is 7.05 Å². The number of nitrogens with zero attached hydrogens (tertiary/aromatic N) is 4. The molecule has 1 saturated heterocycles. The molecule has 0 saturated carbocycles. The average molecular weight is 401 g/mol. The normalized spacial score (nSPS) is 23.6. The van der Waals surface area contributed by atoms with Crippen LogP contribution in [0.15, 0.2) is 47.8 Å². The Balaban J connectivity index is 1.39. The van der Waals surface area contributed by atoms with E-state index in [1.807, 2.05) is 17.8 Å². The van der Waals surface area contributed by atoms with E-state index in [1.54, 1.807) is 35.0 Å². The number of carbonyl (C=O) groups is 1. The van der Waals surface area contributed by atoms with Crippen LogP contribution in [0.4, 0.5) is 0 Å². The zero-order chi connectivity index (χ0) is 19.5. The Morgan fingerprint density at radius 2 is 2.11 bits per heavy atom. The van der Waals surface area contributed by atoms with Crippen molar-refractivity contribution in [3.63, 3.8) is 0 Å². The van der Waals surface area contributed by atoms with Crippen LogP contribution in [0.5, 0.6) is 5.75 Å². The molecule has 1 fully saturated rings. The van der Waals surface area contributed by atoms with Gasteiger partial charge in [-0.1, -0.05) is 12.1 Å². The van der Waals surface area contributed by atoms with Crippen molar-refractivity contribution < 1.29 is 17.9 Å². The third-order valence-electron chi connectivity index (χ3n) is 5.35. The van der Waals surface area contributed by atoms with Crippen molar-refractivity contribution in [2.45, 2.75) is 23.4 Å². The summed E-state index contributed by atoms with van der Waals surface area (Å²) in [5.74, 6) is 0.113. The molecule has 1 aromatic carbocycles. The molecule has 2 aromatic heterocycles. The Bertz CT molecular complexity index is 1180. The van der Waals surface area contributed by atoms with Gasteiger partial charge in [0, 0.05) is 32.0 Å². The van der Waals surface area contributed by atoms with Gasteiger partial charge in [0.1, 0.15) is 28.5 Å². The topological polar surface area (TPSA) is 97.9 Å². The van der Waals surface area contributed by atoms with E-state index in [1.165, 1.54) is 10.5 Å². The number of fused-ring (bicyclic) bond motifs is 3. The molecule has 146 valence electrons. The van der Waals surface area contributed by atoms with Gasteiger partial charge in [-0.05, 0) is 18.6 Å². The molecule has 1 N–H and O–H groups in total. The summed E-state index contributed by atoms with van der Waals surface area (Å²) in [6.07, 6.45) is 5.61. The molecule has 0 bridgehead atoms. The maximum absolute atomic E-state index is 13.1. The van der Waals surface area contributed by atoms with Crippen LogP contribution in [0.25, 0.3) is 5.65 Å². The molecule has 2 aliphatic rings. The van der Waals surface area contributed by atoms with E-state index < -0.39 is 10.0 Å². The number of aromatic nitrogens is 3. The fourth-order valence-corrected chi connectivity index (χ4v) is 5.81. The Morgan fingerprint density at radius 3 is 2.96 bits per heavy atom. The van der Waals surface area contributed by atoms with E-state index >= 15 is 0 Å². The van der Waals surface area contributed by atoms with E-state index in [-0.39, 0.29) is 36.0 Å². The van der Waals surface area contributed by atoms with Gasteiger partial charge < -0.3 is 14.6 Å². The first-order valence-corrected chi connectivity index (χ1v) is 10.4. The second kappa shape index (κ2) is 6.08. The van der Waals surface area contributed by atoms with E-state index in [9.17, 15) is 13.2 Å². The highest BCUT2D eigenvalue weighted by molar-refractivity contribution is 7.89. The van der Waals surface area contributed by atoms with Crippen LogP contribution in [0, 0.1) is 0 Å². The zero-order valence-electron chi connectivity index (χ0n) is 15.1. The largest absolute Gasteiger partial charge is 0.490 e. The van der Waals surface area contributed by atoms with Crippen molar-refractivity contribution in [1.29, 1.82) is 0 Å². The fraction of sp³-hybridized carbons (Fsp3) is 0.333. The summed E-state index contributed by atoms with van der Waals surface area (Å²) < 4.78 is 36.8. The Hall–Kier alpha value is -2.85. The van der Waals surface area contributed by atoms with E-state index in [0.29, 0.717) is 23.4 Å². The number of aryl methyl sites for hydroxylation is 1. The lowest BCUT2D eigenvalue weighted by Crippen LogP contribution is -2.39. The summed E-state index contributed by atoms with van der Waals surface area (Å²) in [6, 6.07) is 6.04. The highest BCUT2D eigenvalue weighted by Gasteiger charge is 2.44. The first-order chi connectivity index (χ1) is 13.4. The van der Waals surface area contributed by atoms with E-state index in [2.05, 4.69) is 10.4 Å². The molecule has 9 nitrogen and oxygen atoms in total. The highest BCUT2D eigenvalue weighted by Crippen LogP contribution is 2.35. The van der Waals surface area contributed by atoms with E-state index in [0.717, 1.165) is 0 Å². The molecule has 0 unspecified atom stereocenters. The minimum Gasteiger partial charge on any atom is -0.490 e. The van der Waals surface area contributed by atoms with Crippen molar-refractivity contribution in [2.75, 3.05) is 13.2 Å². The van der Waals surface area contributed by atoms with Crippen molar-refractivity contribution in [1.82, 2.24) is 23.8 Å². The number of ether oxygens (including phenoxy) is 1. The Labute approximate surface area is 161 Å². The molecular weight excluding hydrogens is 382 g/mol. The lowest BCUT2D eigenvalue weighted by atomic mass is 10.1. The number of carbonyl (C=O) groups excluding carboxylic acids is 1. The molecular formula is C18H19N5O4S. The number of nitrogens with one attached hydrogen (secondary N) is 1. The summed E-state index contributed by atoms with van der Waals surface area (Å²) in [5.41, 5.74) is 1.15. The van der Waals surface area contributed by atoms with Gasteiger partial charge in [0.05, 0.1) is 12.2 Å². The minimum absolute atomic E-state index is 0.173. The summed E-state index contributed by atoms with van der Waals surface area (Å²) in [6.45, 7) is 0.479. The zero-order valence-corrected chi connectivity index (χ0v) is 16.0. The number of sulfonamides is 1. The standard InChI is InChI=1S/C18H19N5O4S/c1-21-6-7-22-18(21)14(9-19-22)17(24)20-12-8-13-11-27-15-4-2-3-5-16(15)28(25,26)23(13)10-12/h2-7,9,12-13H,8,10-11H2,1H3,(H,20,24)/t12-,13-/m0/s1. The average Bonchev–Trinajstić information content (AvgIpc) is 3.35. The van der Waals surface area contributed by atoms with Gasteiger partial charge in [-0.25, -0.2) is 12.9 Å². The number of benzene rings is 1. The van der Waals surface area contributed by atoms with E-state index in [4.69, 9.17) is 4.74 Å². The van der Waals surface area contributed by atoms with Gasteiger partial charge >= 0.3 is 0 Å². The monoisotopic (exact) mass is 401 g/mol.